The zero-order valence-electron chi connectivity index (χ0n) is 18.8. The number of nitrogens with one attached hydrogen (secondary N) is 1. The highest BCUT2D eigenvalue weighted by atomic mass is 32.1. The Kier molecular flexibility index (Phi) is 7.28. The number of carbonyl (C=O) groups excluding carboxylic acids is 1. The van der Waals surface area contributed by atoms with Crippen LogP contribution in [0.15, 0.2) is 18.3 Å². The molecule has 2 aliphatic heterocycles. The number of piperidine rings is 2. The Morgan fingerprint density at radius 2 is 2.12 bits per heavy atom. The maximum atomic E-state index is 12.0. The average molecular weight is 454 g/mol. The lowest BCUT2D eigenvalue weighted by Gasteiger charge is -2.31. The molecule has 2 saturated heterocycles. The van der Waals surface area contributed by atoms with Crippen molar-refractivity contribution in [3.8, 4) is 18.1 Å². The molecule has 2 aliphatic rings. The molecule has 2 aromatic heterocycles. The first kappa shape index (κ1) is 22.6. The van der Waals surface area contributed by atoms with Gasteiger partial charge < -0.3 is 19.9 Å². The first-order valence-electron chi connectivity index (χ1n) is 11.3. The lowest BCUT2D eigenvalue weighted by Crippen LogP contribution is -2.39. The standard InChI is InChI=1S/C24H31N5O2S/c1-4-23(30)29-9-5-6-18(16-29)12-19-13-21(31-20-7-10-28(3)11-8-20)14-22(26-19)27-24-25-15-17(2)32-24/h1,13-15,18,20H,5-12,16H2,2-3H3,(H,25,26,27)/t18-/m1/s1. The number of likely N-dealkylation sites (tertiary alicyclic amines) is 2. The summed E-state index contributed by atoms with van der Waals surface area (Å²) < 4.78 is 6.38. The van der Waals surface area contributed by atoms with E-state index in [1.807, 2.05) is 19.2 Å². The first-order valence-corrected chi connectivity index (χ1v) is 12.1. The molecule has 0 radical (unpaired) electrons. The Labute approximate surface area is 194 Å². The predicted octanol–water partition coefficient (Wildman–Crippen LogP) is 3.48. The van der Waals surface area contributed by atoms with Crippen molar-refractivity contribution >= 4 is 28.2 Å². The van der Waals surface area contributed by atoms with E-state index in [0.717, 1.165) is 79.0 Å². The second kappa shape index (κ2) is 10.3. The van der Waals surface area contributed by atoms with Crippen LogP contribution in [-0.2, 0) is 11.2 Å². The summed E-state index contributed by atoms with van der Waals surface area (Å²) in [7, 11) is 2.15. The highest BCUT2D eigenvalue weighted by Crippen LogP contribution is 2.28. The molecule has 4 heterocycles. The molecule has 2 fully saturated rings. The molecule has 0 aliphatic carbocycles. The van der Waals surface area contributed by atoms with E-state index in [2.05, 4.69) is 34.2 Å². The highest BCUT2D eigenvalue weighted by Gasteiger charge is 2.24. The van der Waals surface area contributed by atoms with E-state index in [1.165, 1.54) is 0 Å². The summed E-state index contributed by atoms with van der Waals surface area (Å²) in [6.45, 7) is 5.55. The van der Waals surface area contributed by atoms with Gasteiger partial charge in [-0.15, -0.1) is 17.8 Å². The number of carbonyl (C=O) groups is 1. The van der Waals surface area contributed by atoms with Crippen molar-refractivity contribution in [2.75, 3.05) is 38.5 Å². The van der Waals surface area contributed by atoms with E-state index < -0.39 is 0 Å². The lowest BCUT2D eigenvalue weighted by molar-refractivity contribution is -0.126. The van der Waals surface area contributed by atoms with Gasteiger partial charge in [0, 0.05) is 55.1 Å². The van der Waals surface area contributed by atoms with Crippen molar-refractivity contribution in [2.45, 2.75) is 45.1 Å². The van der Waals surface area contributed by atoms with Gasteiger partial charge in [-0.25, -0.2) is 9.97 Å². The molecule has 0 spiro atoms. The molecule has 1 atom stereocenters. The number of anilines is 2. The fraction of sp³-hybridized carbons (Fsp3) is 0.542. The summed E-state index contributed by atoms with van der Waals surface area (Å²) in [6.07, 6.45) is 12.2. The zero-order valence-corrected chi connectivity index (χ0v) is 19.7. The summed E-state index contributed by atoms with van der Waals surface area (Å²) in [5, 5.41) is 4.16. The Morgan fingerprint density at radius 3 is 2.84 bits per heavy atom. The summed E-state index contributed by atoms with van der Waals surface area (Å²) >= 11 is 1.60. The number of nitrogens with zero attached hydrogens (tertiary/aromatic N) is 4. The van der Waals surface area contributed by atoms with Gasteiger partial charge in [0.05, 0.1) is 0 Å². The molecule has 170 valence electrons. The molecule has 1 amide bonds. The summed E-state index contributed by atoms with van der Waals surface area (Å²) in [5.41, 5.74) is 0.964. The fourth-order valence-corrected chi connectivity index (χ4v) is 5.09. The van der Waals surface area contributed by atoms with Gasteiger partial charge in [-0.1, -0.05) is 0 Å². The first-order chi connectivity index (χ1) is 15.5. The highest BCUT2D eigenvalue weighted by molar-refractivity contribution is 7.15. The molecule has 0 aromatic carbocycles. The third kappa shape index (κ3) is 5.99. The van der Waals surface area contributed by atoms with Crippen LogP contribution in [0.1, 0.15) is 36.3 Å². The van der Waals surface area contributed by atoms with E-state index in [-0.39, 0.29) is 12.0 Å². The van der Waals surface area contributed by atoms with Gasteiger partial charge in [-0.05, 0) is 57.9 Å². The number of hydrogen-bond acceptors (Lipinski definition) is 7. The molecule has 1 N–H and O–H groups in total. The Morgan fingerprint density at radius 1 is 1.31 bits per heavy atom. The van der Waals surface area contributed by atoms with Crippen molar-refractivity contribution < 1.29 is 9.53 Å². The van der Waals surface area contributed by atoms with Crippen LogP contribution in [0, 0.1) is 25.2 Å². The third-order valence-electron chi connectivity index (χ3n) is 6.10. The fourth-order valence-electron chi connectivity index (χ4n) is 4.42. The maximum Gasteiger partial charge on any atom is 0.298 e. The minimum atomic E-state index is -0.219. The Balaban J connectivity index is 1.51. The van der Waals surface area contributed by atoms with Crippen molar-refractivity contribution in [3.63, 3.8) is 0 Å². The minimum absolute atomic E-state index is 0.217. The van der Waals surface area contributed by atoms with Crippen molar-refractivity contribution in [2.24, 2.45) is 5.92 Å². The number of aryl methyl sites for hydroxylation is 1. The van der Waals surface area contributed by atoms with Gasteiger partial charge in [-0.2, -0.15) is 0 Å². The number of thiazole rings is 1. The number of amides is 1. The van der Waals surface area contributed by atoms with E-state index in [4.69, 9.17) is 16.1 Å². The van der Waals surface area contributed by atoms with E-state index in [1.54, 1.807) is 16.2 Å². The number of terminal acetylenes is 1. The molecule has 0 saturated carbocycles. The monoisotopic (exact) mass is 453 g/mol. The number of ether oxygens (including phenoxy) is 1. The molecule has 2 aromatic rings. The normalized spacial score (nSPS) is 20.0. The third-order valence-corrected chi connectivity index (χ3v) is 6.93. The van der Waals surface area contributed by atoms with Crippen molar-refractivity contribution in [3.05, 3.63) is 28.9 Å². The number of pyridine rings is 1. The second-order valence-corrected chi connectivity index (χ2v) is 10.0. The van der Waals surface area contributed by atoms with Crippen LogP contribution in [0.4, 0.5) is 10.9 Å². The van der Waals surface area contributed by atoms with Gasteiger partial charge in [0.1, 0.15) is 17.7 Å². The van der Waals surface area contributed by atoms with Crippen LogP contribution in [0.25, 0.3) is 0 Å². The van der Waals surface area contributed by atoms with E-state index in [9.17, 15) is 4.79 Å². The van der Waals surface area contributed by atoms with Crippen molar-refractivity contribution in [1.82, 2.24) is 19.8 Å². The molecule has 32 heavy (non-hydrogen) atoms. The second-order valence-electron chi connectivity index (χ2n) is 8.81. The topological polar surface area (TPSA) is 70.6 Å². The zero-order chi connectivity index (χ0) is 22.5. The Hall–Kier alpha value is -2.63. The van der Waals surface area contributed by atoms with E-state index >= 15 is 0 Å². The molecular weight excluding hydrogens is 422 g/mol. The number of aromatic nitrogens is 2. The van der Waals surface area contributed by atoms with Crippen molar-refractivity contribution in [1.29, 1.82) is 0 Å². The molecule has 0 unspecified atom stereocenters. The molecule has 8 heteroatoms. The number of rotatable bonds is 6. The van der Waals surface area contributed by atoms with Crippen LogP contribution in [0.2, 0.25) is 0 Å². The molecule has 4 rings (SSSR count). The van der Waals surface area contributed by atoms with Crippen LogP contribution < -0.4 is 10.1 Å². The SMILES string of the molecule is C#CC(=O)N1CCC[C@H](Cc2cc(OC3CCN(C)CC3)cc(Nc3ncc(C)s3)n2)C1. The molecule has 7 nitrogen and oxygen atoms in total. The van der Waals surface area contributed by atoms with Gasteiger partial charge in [-0.3, -0.25) is 4.79 Å². The molecule has 0 bridgehead atoms. The van der Waals surface area contributed by atoms with Gasteiger partial charge in [0.25, 0.3) is 5.91 Å². The van der Waals surface area contributed by atoms with Crippen LogP contribution in [-0.4, -0.2) is 65.0 Å². The maximum absolute atomic E-state index is 12.0. The lowest BCUT2D eigenvalue weighted by atomic mass is 9.93. The summed E-state index contributed by atoms with van der Waals surface area (Å²) in [5.74, 6) is 3.95. The predicted molar refractivity (Wildman–Crippen MR) is 127 cm³/mol. The number of hydrogen-bond donors (Lipinski definition) is 1. The van der Waals surface area contributed by atoms with Gasteiger partial charge in [0.15, 0.2) is 5.13 Å². The summed E-state index contributed by atoms with van der Waals surface area (Å²) in [6, 6.07) is 4.02. The largest absolute Gasteiger partial charge is 0.490 e. The van der Waals surface area contributed by atoms with Crippen LogP contribution in [0.5, 0.6) is 5.75 Å². The van der Waals surface area contributed by atoms with Gasteiger partial charge >= 0.3 is 0 Å². The van der Waals surface area contributed by atoms with Gasteiger partial charge in [0.2, 0.25) is 0 Å². The summed E-state index contributed by atoms with van der Waals surface area (Å²) in [4.78, 5) is 26.5. The van der Waals surface area contributed by atoms with Crippen LogP contribution in [0.3, 0.4) is 0 Å². The quantitative estimate of drug-likeness (QED) is 0.676. The van der Waals surface area contributed by atoms with E-state index in [0.29, 0.717) is 12.5 Å². The van der Waals surface area contributed by atoms with Crippen LogP contribution >= 0.6 is 11.3 Å². The smallest absolute Gasteiger partial charge is 0.298 e. The molecular formula is C24H31N5O2S. The minimum Gasteiger partial charge on any atom is -0.490 e. The Bertz CT molecular complexity index is 977. The average Bonchev–Trinajstić information content (AvgIpc) is 3.19.